The van der Waals surface area contributed by atoms with Crippen molar-refractivity contribution in [2.75, 3.05) is 0 Å². The van der Waals surface area contributed by atoms with E-state index in [0.29, 0.717) is 0 Å². The minimum atomic E-state index is -1.27. The molecule has 0 unspecified atom stereocenters. The van der Waals surface area contributed by atoms with Gasteiger partial charge in [0.05, 0.1) is 24.3 Å². The van der Waals surface area contributed by atoms with Crippen molar-refractivity contribution < 1.29 is 29.4 Å². The quantitative estimate of drug-likeness (QED) is 0.500. The summed E-state index contributed by atoms with van der Waals surface area (Å²) >= 11 is 0. The molecule has 6 fully saturated rings. The topological polar surface area (TPSA) is 115 Å². The molecule has 148 valence electrons. The highest BCUT2D eigenvalue weighted by atomic mass is 33.1. The summed E-state index contributed by atoms with van der Waals surface area (Å²) < 4.78 is 0. The average molecular weight is 422 g/mol. The molecule has 5 aliphatic heterocycles. The highest BCUT2D eigenvalue weighted by Gasteiger charge is 2.79. The third-order valence-electron chi connectivity index (χ3n) is 7.28. The number of ketones is 2. The van der Waals surface area contributed by atoms with E-state index >= 15 is 0 Å². The first-order valence-corrected chi connectivity index (χ1v) is 11.6. The highest BCUT2D eigenvalue weighted by Crippen LogP contribution is 2.69. The van der Waals surface area contributed by atoms with Crippen LogP contribution >= 0.6 is 21.6 Å². The molecule has 28 heavy (non-hydrogen) atoms. The van der Waals surface area contributed by atoms with Gasteiger partial charge in [-0.2, -0.15) is 0 Å². The molecule has 0 aromatic carbocycles. The van der Waals surface area contributed by atoms with Gasteiger partial charge in [0.2, 0.25) is 0 Å². The zero-order chi connectivity index (χ0) is 19.6. The lowest BCUT2D eigenvalue weighted by molar-refractivity contribution is -0.170. The number of carbonyl (C=O) groups is 4. The molecule has 1 saturated carbocycles. The predicted molar refractivity (Wildman–Crippen MR) is 98.5 cm³/mol. The molecule has 0 aromatic rings. The maximum Gasteiger partial charge on any atom is 0.261 e. The summed E-state index contributed by atoms with van der Waals surface area (Å²) in [5.74, 6) is -2.00. The van der Waals surface area contributed by atoms with Crippen molar-refractivity contribution >= 4 is 45.0 Å². The summed E-state index contributed by atoms with van der Waals surface area (Å²) in [6.07, 6.45) is 1.74. The van der Waals surface area contributed by atoms with Crippen molar-refractivity contribution in [1.29, 1.82) is 0 Å². The third kappa shape index (κ3) is 1.71. The number of aliphatic hydroxyl groups is 2. The summed E-state index contributed by atoms with van der Waals surface area (Å²) in [6, 6.07) is -1.45. The number of amides is 2. The van der Waals surface area contributed by atoms with E-state index in [-0.39, 0.29) is 49.1 Å². The smallest absolute Gasteiger partial charge is 0.261 e. The van der Waals surface area contributed by atoms with E-state index in [1.54, 1.807) is 0 Å². The maximum absolute atomic E-state index is 13.7. The molecule has 7 rings (SSSR count). The molecule has 2 amide bonds. The van der Waals surface area contributed by atoms with Crippen molar-refractivity contribution in [2.45, 2.75) is 59.7 Å². The Bertz CT molecular complexity index is 893. The summed E-state index contributed by atoms with van der Waals surface area (Å²) in [4.78, 5) is 52.9. The Labute approximate surface area is 168 Å². The Morgan fingerprint density at radius 1 is 0.929 bits per heavy atom. The van der Waals surface area contributed by atoms with E-state index < -0.39 is 45.9 Å². The number of piperazine rings is 1. The number of hydrogen-bond donors (Lipinski definition) is 2. The van der Waals surface area contributed by atoms with Crippen LogP contribution in [0.5, 0.6) is 0 Å². The zero-order valence-electron chi connectivity index (χ0n) is 14.7. The van der Waals surface area contributed by atoms with E-state index in [1.807, 2.05) is 0 Å². The van der Waals surface area contributed by atoms with Crippen molar-refractivity contribution in [2.24, 2.45) is 11.8 Å². The standard InChI is InChI=1S/C18H18N2O6S2/c21-9-1-3-11(23)13-7(9)5-17-15(25)20-14-8(10(22)2-4-12(14)24)6-18(20,28-27-17)16(26)19(13)17/h1,3,7-8,11-14,23-24H,2,4-6H2/t7-,8+,11+,12+,13+,14+,17-,18-/m1/s1. The van der Waals surface area contributed by atoms with Crippen LogP contribution in [0.3, 0.4) is 0 Å². The number of allylic oxidation sites excluding steroid dienone is 1. The Morgan fingerprint density at radius 2 is 1.54 bits per heavy atom. The molecule has 2 N–H and O–H groups in total. The van der Waals surface area contributed by atoms with Crippen LogP contribution in [-0.4, -0.2) is 77.4 Å². The molecule has 5 saturated heterocycles. The summed E-state index contributed by atoms with van der Waals surface area (Å²) in [7, 11) is 2.56. The summed E-state index contributed by atoms with van der Waals surface area (Å²) in [6.45, 7) is 0. The fourth-order valence-corrected chi connectivity index (χ4v) is 9.90. The highest BCUT2D eigenvalue weighted by molar-refractivity contribution is 8.78. The first-order chi connectivity index (χ1) is 13.3. The SMILES string of the molecule is O=C1C=C[C@H](O)[C@@H]2[C@@H]1C[C@@]13SS[C@]4(C[C@H]5C(=O)CC[C@H](O)[C@H]5N4C1=O)C(=O)N23. The van der Waals surface area contributed by atoms with Crippen LogP contribution in [0.25, 0.3) is 0 Å². The summed E-state index contributed by atoms with van der Waals surface area (Å²) in [5.41, 5.74) is 0. The lowest BCUT2D eigenvalue weighted by Crippen LogP contribution is -2.77. The largest absolute Gasteiger partial charge is 0.391 e. The van der Waals surface area contributed by atoms with Gasteiger partial charge in [-0.25, -0.2) is 0 Å². The first-order valence-electron chi connectivity index (χ1n) is 9.47. The van der Waals surface area contributed by atoms with E-state index in [1.165, 1.54) is 43.5 Å². The second kappa shape index (κ2) is 5.21. The van der Waals surface area contributed by atoms with Gasteiger partial charge in [-0.05, 0) is 12.5 Å². The molecule has 5 heterocycles. The molecule has 2 spiro atoms. The van der Waals surface area contributed by atoms with Gasteiger partial charge in [-0.3, -0.25) is 19.2 Å². The molecular formula is C18H18N2O6S2. The fraction of sp³-hybridized carbons (Fsp3) is 0.667. The van der Waals surface area contributed by atoms with Crippen LogP contribution in [0.1, 0.15) is 25.7 Å². The Balaban J connectivity index is 1.51. The number of hydrogen-bond acceptors (Lipinski definition) is 8. The molecule has 8 atom stereocenters. The minimum Gasteiger partial charge on any atom is -0.391 e. The predicted octanol–water partition coefficient (Wildman–Crippen LogP) is -0.555. The lowest BCUT2D eigenvalue weighted by Gasteiger charge is -2.59. The number of Topliss-reactive ketones (excluding diaryl/α,β-unsaturated/α-hetero) is 1. The van der Waals surface area contributed by atoms with E-state index in [9.17, 15) is 29.4 Å². The number of aliphatic hydroxyl groups excluding tert-OH is 2. The molecule has 10 heteroatoms. The van der Waals surface area contributed by atoms with Crippen LogP contribution in [0, 0.1) is 11.8 Å². The second-order valence-electron chi connectivity index (χ2n) is 8.51. The molecule has 0 radical (unpaired) electrons. The van der Waals surface area contributed by atoms with Crippen LogP contribution in [0.15, 0.2) is 12.2 Å². The first kappa shape index (κ1) is 17.5. The van der Waals surface area contributed by atoms with Crippen LogP contribution in [0.4, 0.5) is 0 Å². The number of rotatable bonds is 0. The van der Waals surface area contributed by atoms with Gasteiger partial charge in [-0.15, -0.1) is 0 Å². The second-order valence-corrected chi connectivity index (χ2v) is 11.2. The van der Waals surface area contributed by atoms with Crippen LogP contribution in [0.2, 0.25) is 0 Å². The Kier molecular flexibility index (Phi) is 3.26. The van der Waals surface area contributed by atoms with Crippen molar-refractivity contribution in [3.63, 3.8) is 0 Å². The third-order valence-corrected chi connectivity index (χ3v) is 10.9. The van der Waals surface area contributed by atoms with Gasteiger partial charge in [0.15, 0.2) is 15.5 Å². The lowest BCUT2D eigenvalue weighted by atomic mass is 9.81. The Morgan fingerprint density at radius 3 is 2.21 bits per heavy atom. The fourth-order valence-electron chi connectivity index (χ4n) is 6.07. The van der Waals surface area contributed by atoms with Gasteiger partial charge in [0.1, 0.15) is 5.78 Å². The number of fused-ring (bicyclic) bond motifs is 3. The van der Waals surface area contributed by atoms with Gasteiger partial charge >= 0.3 is 0 Å². The minimum absolute atomic E-state index is 0.0138. The van der Waals surface area contributed by atoms with Gasteiger partial charge in [-0.1, -0.05) is 27.7 Å². The monoisotopic (exact) mass is 422 g/mol. The molecular weight excluding hydrogens is 404 g/mol. The van der Waals surface area contributed by atoms with Gasteiger partial charge in [0.25, 0.3) is 11.8 Å². The summed E-state index contributed by atoms with van der Waals surface area (Å²) in [5, 5.41) is 21.1. The van der Waals surface area contributed by atoms with E-state index in [2.05, 4.69) is 0 Å². The molecule has 0 aromatic heterocycles. The zero-order valence-corrected chi connectivity index (χ0v) is 16.3. The van der Waals surface area contributed by atoms with E-state index in [4.69, 9.17) is 0 Å². The van der Waals surface area contributed by atoms with Gasteiger partial charge in [0, 0.05) is 31.1 Å². The molecule has 8 nitrogen and oxygen atoms in total. The van der Waals surface area contributed by atoms with Crippen molar-refractivity contribution in [1.82, 2.24) is 9.80 Å². The Hall–Kier alpha value is -1.36. The number of carbonyl (C=O) groups excluding carboxylic acids is 4. The molecule has 7 aliphatic rings. The normalized spacial score (nSPS) is 51.4. The van der Waals surface area contributed by atoms with Crippen LogP contribution in [-0.2, 0) is 19.2 Å². The molecule has 2 bridgehead atoms. The van der Waals surface area contributed by atoms with Crippen molar-refractivity contribution in [3.05, 3.63) is 12.2 Å². The maximum atomic E-state index is 13.7. The average Bonchev–Trinajstić information content (AvgIpc) is 3.22. The number of nitrogens with zero attached hydrogens (tertiary/aromatic N) is 2. The molecule has 2 aliphatic carbocycles. The van der Waals surface area contributed by atoms with Gasteiger partial charge < -0.3 is 20.0 Å². The van der Waals surface area contributed by atoms with E-state index in [0.717, 1.165) is 0 Å². The van der Waals surface area contributed by atoms with Crippen molar-refractivity contribution in [3.8, 4) is 0 Å². The van der Waals surface area contributed by atoms with Crippen LogP contribution < -0.4 is 0 Å².